The molecule has 0 atom stereocenters. The van der Waals surface area contributed by atoms with E-state index in [0.29, 0.717) is 40.5 Å². The number of carbonyl (C=O) groups excluding carboxylic acids is 1. The van der Waals surface area contributed by atoms with Gasteiger partial charge in [0.2, 0.25) is 0 Å². The molecule has 1 heterocycles. The van der Waals surface area contributed by atoms with Crippen molar-refractivity contribution in [2.75, 3.05) is 7.11 Å². The van der Waals surface area contributed by atoms with Crippen molar-refractivity contribution < 1.29 is 18.7 Å². The molecular weight excluding hydrogens is 346 g/mol. The summed E-state index contributed by atoms with van der Waals surface area (Å²) in [6, 6.07) is 16.9. The highest BCUT2D eigenvalue weighted by Gasteiger charge is 2.10. The second kappa shape index (κ2) is 6.92. The predicted octanol–water partition coefficient (Wildman–Crippen LogP) is 3.66. The fraction of sp³-hybridized carbons (Fsp3) is 0.0952. The monoisotopic (exact) mass is 361 g/mol. The van der Waals surface area contributed by atoms with Crippen LogP contribution in [0.2, 0.25) is 0 Å². The standard InChI is InChI=1S/C21H15NO5/c1-25-21(24)14-4-2-13(3-5-14)12-26-16-7-9-18-20(11-16)27-19-10-15(23)6-8-17(19)22-18/h2-11H,12H2,1H3. The van der Waals surface area contributed by atoms with E-state index in [0.717, 1.165) is 5.56 Å². The van der Waals surface area contributed by atoms with Crippen molar-refractivity contribution in [3.8, 4) is 17.2 Å². The van der Waals surface area contributed by atoms with Gasteiger partial charge in [0, 0.05) is 12.1 Å². The van der Waals surface area contributed by atoms with Gasteiger partial charge in [-0.25, -0.2) is 9.78 Å². The molecule has 2 aliphatic rings. The van der Waals surface area contributed by atoms with E-state index < -0.39 is 0 Å². The summed E-state index contributed by atoms with van der Waals surface area (Å²) in [5.41, 5.74) is 3.10. The van der Waals surface area contributed by atoms with E-state index in [2.05, 4.69) is 9.72 Å². The van der Waals surface area contributed by atoms with Crippen molar-refractivity contribution in [3.63, 3.8) is 0 Å². The van der Waals surface area contributed by atoms with Crippen LogP contribution in [0.3, 0.4) is 0 Å². The number of methoxy groups -OCH3 is 1. The predicted molar refractivity (Wildman–Crippen MR) is 99.0 cm³/mol. The zero-order chi connectivity index (χ0) is 18.8. The first-order chi connectivity index (χ1) is 13.1. The number of ether oxygens (including phenoxy) is 2. The summed E-state index contributed by atoms with van der Waals surface area (Å²) in [6.45, 7) is 0.332. The first-order valence-electron chi connectivity index (χ1n) is 8.27. The Bertz CT molecular complexity index is 1150. The van der Waals surface area contributed by atoms with Gasteiger partial charge in [0.25, 0.3) is 0 Å². The van der Waals surface area contributed by atoms with Crippen molar-refractivity contribution in [2.45, 2.75) is 6.61 Å². The lowest BCUT2D eigenvalue weighted by molar-refractivity contribution is 0.0600. The molecule has 4 rings (SSSR count). The first kappa shape index (κ1) is 16.8. The minimum atomic E-state index is -0.375. The number of aromatic nitrogens is 1. The summed E-state index contributed by atoms with van der Waals surface area (Å²) >= 11 is 0. The van der Waals surface area contributed by atoms with Gasteiger partial charge in [-0.1, -0.05) is 12.1 Å². The second-order valence-electron chi connectivity index (χ2n) is 5.95. The summed E-state index contributed by atoms with van der Waals surface area (Å²) in [7, 11) is 1.35. The molecule has 0 aromatic heterocycles. The van der Waals surface area contributed by atoms with E-state index in [-0.39, 0.29) is 11.4 Å². The van der Waals surface area contributed by atoms with Crippen LogP contribution in [0, 0.1) is 0 Å². The number of carbonyl (C=O) groups is 1. The molecule has 134 valence electrons. The van der Waals surface area contributed by atoms with Crippen molar-refractivity contribution >= 4 is 17.1 Å². The number of hydrogen-bond donors (Lipinski definition) is 0. The molecule has 2 aromatic carbocycles. The van der Waals surface area contributed by atoms with Crippen molar-refractivity contribution in [1.29, 1.82) is 0 Å². The van der Waals surface area contributed by atoms with E-state index in [1.54, 1.807) is 30.3 Å². The topological polar surface area (TPSA) is 78.6 Å². The van der Waals surface area contributed by atoms with Crippen LogP contribution in [-0.4, -0.2) is 18.1 Å². The van der Waals surface area contributed by atoms with E-state index in [4.69, 9.17) is 9.15 Å². The SMILES string of the molecule is COC(=O)c1ccc(COc2ccc3nc4ccc(=O)cc-4oc3c2)cc1. The lowest BCUT2D eigenvalue weighted by atomic mass is 10.1. The minimum absolute atomic E-state index is 0.129. The Morgan fingerprint density at radius 1 is 1.04 bits per heavy atom. The van der Waals surface area contributed by atoms with Gasteiger partial charge < -0.3 is 13.9 Å². The maximum absolute atomic E-state index is 11.5. The molecule has 0 bridgehead atoms. The fourth-order valence-electron chi connectivity index (χ4n) is 2.70. The van der Waals surface area contributed by atoms with E-state index in [1.165, 1.54) is 19.2 Å². The summed E-state index contributed by atoms with van der Waals surface area (Å²) in [6.07, 6.45) is 0. The lowest BCUT2D eigenvalue weighted by Gasteiger charge is -2.09. The van der Waals surface area contributed by atoms with E-state index in [9.17, 15) is 9.59 Å². The van der Waals surface area contributed by atoms with Gasteiger partial charge in [-0.15, -0.1) is 0 Å². The van der Waals surface area contributed by atoms with Crippen molar-refractivity contribution in [1.82, 2.24) is 4.98 Å². The number of nitrogens with zero attached hydrogens (tertiary/aromatic N) is 1. The Kier molecular flexibility index (Phi) is 4.30. The summed E-state index contributed by atoms with van der Waals surface area (Å²) < 4.78 is 16.3. The number of fused-ring (bicyclic) bond motifs is 2. The number of hydrogen-bond acceptors (Lipinski definition) is 6. The van der Waals surface area contributed by atoms with Crippen molar-refractivity contribution in [2.24, 2.45) is 0 Å². The highest BCUT2D eigenvalue weighted by atomic mass is 16.5. The highest BCUT2D eigenvalue weighted by Crippen LogP contribution is 2.26. The van der Waals surface area contributed by atoms with Crippen LogP contribution in [0.4, 0.5) is 0 Å². The van der Waals surface area contributed by atoms with Crippen LogP contribution in [0.1, 0.15) is 15.9 Å². The normalized spacial score (nSPS) is 10.9. The highest BCUT2D eigenvalue weighted by molar-refractivity contribution is 5.89. The van der Waals surface area contributed by atoms with Crippen molar-refractivity contribution in [3.05, 3.63) is 82.0 Å². The van der Waals surface area contributed by atoms with E-state index >= 15 is 0 Å². The fourth-order valence-corrected chi connectivity index (χ4v) is 2.70. The van der Waals surface area contributed by atoms with Crippen LogP contribution in [0.15, 0.2) is 69.9 Å². The Morgan fingerprint density at radius 3 is 2.63 bits per heavy atom. The van der Waals surface area contributed by atoms with Gasteiger partial charge in [-0.05, 0) is 42.0 Å². The van der Waals surface area contributed by atoms with Gasteiger partial charge in [0.15, 0.2) is 16.8 Å². The van der Waals surface area contributed by atoms with Gasteiger partial charge >= 0.3 is 5.97 Å². The van der Waals surface area contributed by atoms with Gasteiger partial charge in [0.1, 0.15) is 23.6 Å². The molecule has 0 saturated carbocycles. The molecule has 0 radical (unpaired) electrons. The number of esters is 1. The molecule has 0 unspecified atom stereocenters. The van der Waals surface area contributed by atoms with E-state index in [1.807, 2.05) is 18.2 Å². The molecule has 27 heavy (non-hydrogen) atoms. The quantitative estimate of drug-likeness (QED) is 0.408. The average Bonchev–Trinajstić information content (AvgIpc) is 2.70. The second-order valence-corrected chi connectivity index (χ2v) is 5.95. The molecule has 0 amide bonds. The molecule has 6 heteroatoms. The molecule has 6 nitrogen and oxygen atoms in total. The summed E-state index contributed by atoms with van der Waals surface area (Å²) in [5.74, 6) is 0.674. The molecule has 2 aromatic rings. The third-order valence-corrected chi connectivity index (χ3v) is 4.10. The number of benzene rings is 3. The van der Waals surface area contributed by atoms with Crippen LogP contribution in [0.5, 0.6) is 5.75 Å². The lowest BCUT2D eigenvalue weighted by Crippen LogP contribution is -2.02. The third-order valence-electron chi connectivity index (χ3n) is 4.10. The largest absolute Gasteiger partial charge is 0.489 e. The molecule has 0 fully saturated rings. The number of rotatable bonds is 4. The first-order valence-corrected chi connectivity index (χ1v) is 8.27. The van der Waals surface area contributed by atoms with Gasteiger partial charge in [-0.2, -0.15) is 0 Å². The summed E-state index contributed by atoms with van der Waals surface area (Å²) in [4.78, 5) is 27.4. The molecule has 1 aliphatic carbocycles. The summed E-state index contributed by atoms with van der Waals surface area (Å²) in [5, 5.41) is 0. The van der Waals surface area contributed by atoms with Crippen LogP contribution in [-0.2, 0) is 11.3 Å². The molecule has 0 spiro atoms. The molecular formula is C21H15NO5. The minimum Gasteiger partial charge on any atom is -0.489 e. The van der Waals surface area contributed by atoms with Crippen LogP contribution in [0.25, 0.3) is 22.6 Å². The smallest absolute Gasteiger partial charge is 0.337 e. The Labute approximate surface area is 154 Å². The van der Waals surface area contributed by atoms with Crippen LogP contribution < -0.4 is 10.2 Å². The maximum Gasteiger partial charge on any atom is 0.337 e. The third kappa shape index (κ3) is 3.50. The van der Waals surface area contributed by atoms with Gasteiger partial charge in [-0.3, -0.25) is 4.79 Å². The zero-order valence-electron chi connectivity index (χ0n) is 14.5. The molecule has 1 aliphatic heterocycles. The zero-order valence-corrected chi connectivity index (χ0v) is 14.5. The van der Waals surface area contributed by atoms with Crippen LogP contribution >= 0.6 is 0 Å². The Hall–Kier alpha value is -3.67. The molecule has 0 saturated heterocycles. The maximum atomic E-state index is 11.5. The van der Waals surface area contributed by atoms with Gasteiger partial charge in [0.05, 0.1) is 12.7 Å². The molecule has 0 N–H and O–H groups in total. The average molecular weight is 361 g/mol. The Morgan fingerprint density at radius 2 is 1.85 bits per heavy atom. The Balaban J connectivity index is 1.55.